The predicted molar refractivity (Wildman–Crippen MR) is 79.9 cm³/mol. The molecule has 0 N–H and O–H groups in total. The van der Waals surface area contributed by atoms with Crippen molar-refractivity contribution in [1.29, 1.82) is 5.26 Å². The van der Waals surface area contributed by atoms with Gasteiger partial charge in [-0.2, -0.15) is 5.26 Å². The van der Waals surface area contributed by atoms with Gasteiger partial charge in [0.1, 0.15) is 5.75 Å². The largest absolute Gasteiger partial charge is 0.494 e. The lowest BCUT2D eigenvalue weighted by molar-refractivity contribution is 0.410. The van der Waals surface area contributed by atoms with Crippen LogP contribution in [0, 0.1) is 38.0 Å². The van der Waals surface area contributed by atoms with Gasteiger partial charge in [0.05, 0.1) is 24.8 Å². The van der Waals surface area contributed by atoms with Crippen LogP contribution in [0.5, 0.6) is 5.75 Å². The van der Waals surface area contributed by atoms with E-state index >= 15 is 0 Å². The van der Waals surface area contributed by atoms with Crippen molar-refractivity contribution < 1.29 is 4.74 Å². The fourth-order valence-electron chi connectivity index (χ4n) is 2.44. The SMILES string of the molecule is CCC(C#N)CN(C)c1c(C)cc(C)c(C)c1OC. The fraction of sp³-hybridized carbons (Fsp3) is 0.562. The Kier molecular flexibility index (Phi) is 5.23. The van der Waals surface area contributed by atoms with E-state index in [1.807, 2.05) is 14.0 Å². The zero-order chi connectivity index (χ0) is 14.6. The Balaban J connectivity index is 3.19. The van der Waals surface area contributed by atoms with Gasteiger partial charge in [-0.05, 0) is 43.9 Å². The van der Waals surface area contributed by atoms with Crippen LogP contribution in [0.1, 0.15) is 30.0 Å². The zero-order valence-electron chi connectivity index (χ0n) is 12.9. The second-order valence-corrected chi connectivity index (χ2v) is 5.13. The number of ether oxygens (including phenoxy) is 1. The maximum absolute atomic E-state index is 9.11. The minimum atomic E-state index is 0.0516. The van der Waals surface area contributed by atoms with E-state index in [1.54, 1.807) is 7.11 Å². The molecule has 0 heterocycles. The molecule has 104 valence electrons. The van der Waals surface area contributed by atoms with Crippen molar-refractivity contribution in [3.05, 3.63) is 22.8 Å². The van der Waals surface area contributed by atoms with Crippen molar-refractivity contribution >= 4 is 5.69 Å². The molecule has 0 spiro atoms. The van der Waals surface area contributed by atoms with Crippen molar-refractivity contribution in [2.45, 2.75) is 34.1 Å². The van der Waals surface area contributed by atoms with Crippen LogP contribution < -0.4 is 9.64 Å². The predicted octanol–water partition coefficient (Wildman–Crippen LogP) is 3.61. The molecule has 3 heteroatoms. The maximum atomic E-state index is 9.11. The van der Waals surface area contributed by atoms with E-state index in [0.29, 0.717) is 0 Å². The minimum absolute atomic E-state index is 0.0516. The number of hydrogen-bond donors (Lipinski definition) is 0. The van der Waals surface area contributed by atoms with Crippen molar-refractivity contribution in [3.63, 3.8) is 0 Å². The number of benzene rings is 1. The Hall–Kier alpha value is -1.69. The standard InChI is InChI=1S/C16H24N2O/c1-7-14(9-17)10-18(5)15-12(3)8-11(2)13(4)16(15)19-6/h8,14H,7,10H2,1-6H3. The van der Waals surface area contributed by atoms with Crippen LogP contribution >= 0.6 is 0 Å². The van der Waals surface area contributed by atoms with Gasteiger partial charge in [0.2, 0.25) is 0 Å². The van der Waals surface area contributed by atoms with Crippen LogP contribution in [-0.4, -0.2) is 20.7 Å². The van der Waals surface area contributed by atoms with Gasteiger partial charge < -0.3 is 9.64 Å². The fourth-order valence-corrected chi connectivity index (χ4v) is 2.44. The first-order valence-corrected chi connectivity index (χ1v) is 6.71. The van der Waals surface area contributed by atoms with Crippen LogP contribution in [0.3, 0.4) is 0 Å². The number of nitrogens with zero attached hydrogens (tertiary/aromatic N) is 2. The molecular weight excluding hydrogens is 236 g/mol. The van der Waals surface area contributed by atoms with Gasteiger partial charge in [-0.25, -0.2) is 0 Å². The molecule has 0 saturated heterocycles. The Labute approximate surface area is 116 Å². The number of hydrogen-bond acceptors (Lipinski definition) is 3. The maximum Gasteiger partial charge on any atom is 0.145 e. The number of methoxy groups -OCH3 is 1. The highest BCUT2D eigenvalue weighted by Crippen LogP contribution is 2.36. The second kappa shape index (κ2) is 6.47. The lowest BCUT2D eigenvalue weighted by Crippen LogP contribution is -2.25. The average molecular weight is 260 g/mol. The minimum Gasteiger partial charge on any atom is -0.494 e. The molecule has 3 nitrogen and oxygen atoms in total. The van der Waals surface area contributed by atoms with E-state index in [0.717, 1.165) is 24.4 Å². The summed E-state index contributed by atoms with van der Waals surface area (Å²) in [7, 11) is 3.74. The smallest absolute Gasteiger partial charge is 0.145 e. The molecule has 0 amide bonds. The molecule has 0 aliphatic carbocycles. The molecule has 0 aliphatic rings. The Morgan fingerprint density at radius 2 is 1.95 bits per heavy atom. The number of anilines is 1. The van der Waals surface area contributed by atoms with Crippen molar-refractivity contribution in [1.82, 2.24) is 0 Å². The summed E-state index contributed by atoms with van der Waals surface area (Å²) < 4.78 is 5.58. The van der Waals surface area contributed by atoms with Crippen molar-refractivity contribution in [2.24, 2.45) is 5.92 Å². The van der Waals surface area contributed by atoms with Gasteiger partial charge in [0.25, 0.3) is 0 Å². The van der Waals surface area contributed by atoms with Crippen LogP contribution in [0.15, 0.2) is 6.07 Å². The third kappa shape index (κ3) is 3.20. The Bertz CT molecular complexity index is 489. The Morgan fingerprint density at radius 1 is 1.32 bits per heavy atom. The third-order valence-electron chi connectivity index (χ3n) is 3.71. The highest BCUT2D eigenvalue weighted by atomic mass is 16.5. The van der Waals surface area contributed by atoms with Gasteiger partial charge >= 0.3 is 0 Å². The molecule has 0 radical (unpaired) electrons. The molecule has 0 saturated carbocycles. The van der Waals surface area contributed by atoms with E-state index < -0.39 is 0 Å². The first-order chi connectivity index (χ1) is 8.96. The van der Waals surface area contributed by atoms with E-state index in [4.69, 9.17) is 10.00 Å². The van der Waals surface area contributed by atoms with Gasteiger partial charge in [-0.3, -0.25) is 0 Å². The molecule has 1 atom stereocenters. The van der Waals surface area contributed by atoms with Crippen molar-refractivity contribution in [2.75, 3.05) is 25.6 Å². The monoisotopic (exact) mass is 260 g/mol. The number of aryl methyl sites for hydroxylation is 2. The first-order valence-electron chi connectivity index (χ1n) is 6.71. The van der Waals surface area contributed by atoms with E-state index in [1.165, 1.54) is 16.7 Å². The number of rotatable bonds is 5. The van der Waals surface area contributed by atoms with Crippen molar-refractivity contribution in [3.8, 4) is 11.8 Å². The van der Waals surface area contributed by atoms with E-state index in [2.05, 4.69) is 37.8 Å². The molecule has 0 bridgehead atoms. The average Bonchev–Trinajstić information content (AvgIpc) is 2.39. The highest BCUT2D eigenvalue weighted by Gasteiger charge is 2.18. The first kappa shape index (κ1) is 15.4. The van der Waals surface area contributed by atoms with Crippen LogP contribution in [0.25, 0.3) is 0 Å². The molecule has 1 unspecified atom stereocenters. The normalized spacial score (nSPS) is 11.8. The lowest BCUT2D eigenvalue weighted by atomic mass is 10.0. The molecular formula is C16H24N2O. The highest BCUT2D eigenvalue weighted by molar-refractivity contribution is 5.67. The van der Waals surface area contributed by atoms with Gasteiger partial charge in [-0.1, -0.05) is 13.0 Å². The van der Waals surface area contributed by atoms with E-state index in [-0.39, 0.29) is 5.92 Å². The molecule has 1 aromatic rings. The third-order valence-corrected chi connectivity index (χ3v) is 3.71. The quantitative estimate of drug-likeness (QED) is 0.811. The summed E-state index contributed by atoms with van der Waals surface area (Å²) >= 11 is 0. The summed E-state index contributed by atoms with van der Waals surface area (Å²) in [5.74, 6) is 0.975. The second-order valence-electron chi connectivity index (χ2n) is 5.13. The summed E-state index contributed by atoms with van der Waals surface area (Å²) in [6.07, 6.45) is 0.868. The van der Waals surface area contributed by atoms with E-state index in [9.17, 15) is 0 Å². The summed E-state index contributed by atoms with van der Waals surface area (Å²) in [4.78, 5) is 2.14. The van der Waals surface area contributed by atoms with Crippen LogP contribution in [0.2, 0.25) is 0 Å². The molecule has 1 aromatic carbocycles. The van der Waals surface area contributed by atoms with Gasteiger partial charge in [0, 0.05) is 13.6 Å². The summed E-state index contributed by atoms with van der Waals surface area (Å²) in [5.41, 5.74) is 4.69. The van der Waals surface area contributed by atoms with Crippen LogP contribution in [-0.2, 0) is 0 Å². The summed E-state index contributed by atoms with van der Waals surface area (Å²) in [5, 5.41) is 9.11. The molecule has 0 aromatic heterocycles. The number of nitriles is 1. The van der Waals surface area contributed by atoms with Gasteiger partial charge in [-0.15, -0.1) is 0 Å². The molecule has 0 fully saturated rings. The topological polar surface area (TPSA) is 36.3 Å². The van der Waals surface area contributed by atoms with Crippen LogP contribution in [0.4, 0.5) is 5.69 Å². The molecule has 19 heavy (non-hydrogen) atoms. The lowest BCUT2D eigenvalue weighted by Gasteiger charge is -2.27. The Morgan fingerprint density at radius 3 is 2.42 bits per heavy atom. The summed E-state index contributed by atoms with van der Waals surface area (Å²) in [6, 6.07) is 4.53. The summed E-state index contributed by atoms with van der Waals surface area (Å²) in [6.45, 7) is 9.04. The molecule has 0 aliphatic heterocycles. The molecule has 1 rings (SSSR count). The zero-order valence-corrected chi connectivity index (χ0v) is 12.9. The van der Waals surface area contributed by atoms with Gasteiger partial charge in [0.15, 0.2) is 0 Å².